The van der Waals surface area contributed by atoms with Crippen LogP contribution in [0.4, 0.5) is 9.59 Å². The van der Waals surface area contributed by atoms with E-state index >= 15 is 0 Å². The number of ether oxygens (including phenoxy) is 3. The predicted octanol–water partition coefficient (Wildman–Crippen LogP) is 3.83. The number of allylic oxidation sites excluding steroid dienone is 2. The first-order chi connectivity index (χ1) is 14.3. The van der Waals surface area contributed by atoms with Crippen LogP contribution in [0.5, 0.6) is 0 Å². The lowest BCUT2D eigenvalue weighted by atomic mass is 10.0. The zero-order valence-electron chi connectivity index (χ0n) is 19.5. The first-order valence-corrected chi connectivity index (χ1v) is 10.1. The van der Waals surface area contributed by atoms with Gasteiger partial charge in [0.25, 0.3) is 0 Å². The Labute approximate surface area is 184 Å². The van der Waals surface area contributed by atoms with Gasteiger partial charge in [0.2, 0.25) is 0 Å². The molecule has 0 saturated heterocycles. The van der Waals surface area contributed by atoms with Gasteiger partial charge < -0.3 is 23.8 Å². The maximum absolute atomic E-state index is 12.8. The van der Waals surface area contributed by atoms with Crippen LogP contribution in [0.25, 0.3) is 0 Å². The number of esters is 1. The van der Waals surface area contributed by atoms with Gasteiger partial charge in [-0.05, 0) is 60.8 Å². The molecule has 0 aromatic carbocycles. The molecule has 0 saturated carbocycles. The van der Waals surface area contributed by atoms with Crippen molar-refractivity contribution in [1.29, 1.82) is 0 Å². The molecule has 0 rings (SSSR count). The third kappa shape index (κ3) is 11.9. The Kier molecular flexibility index (Phi) is 11.7. The Hall–Kier alpha value is -2.71. The molecule has 0 unspecified atom stereocenters. The third-order valence-corrected chi connectivity index (χ3v) is 3.75. The summed E-state index contributed by atoms with van der Waals surface area (Å²) in [6.45, 7) is 9.79. The molecule has 9 heteroatoms. The quantitative estimate of drug-likeness (QED) is 0.217. The Balaban J connectivity index is 5.66. The number of nitrogens with zero attached hydrogens (tertiary/aromatic N) is 1. The number of carbonyl (C=O) groups excluding carboxylic acids is 5. The highest BCUT2D eigenvalue weighted by atomic mass is 16.6. The maximum atomic E-state index is 12.8. The molecule has 0 fully saturated rings. The second kappa shape index (κ2) is 12.9. The molecule has 0 bridgehead atoms. The maximum Gasteiger partial charge on any atom is 0.420 e. The highest BCUT2D eigenvalue weighted by Gasteiger charge is 2.40. The lowest BCUT2D eigenvalue weighted by Gasteiger charge is -2.32. The van der Waals surface area contributed by atoms with E-state index in [9.17, 15) is 24.0 Å². The molecular weight excluding hydrogens is 406 g/mol. The molecule has 0 radical (unpaired) electrons. The molecule has 2 atom stereocenters. The topological polar surface area (TPSA) is 116 Å². The summed E-state index contributed by atoms with van der Waals surface area (Å²) in [6, 6.07) is -1.29. The number of carbonyl (C=O) groups is 5. The van der Waals surface area contributed by atoms with Crippen LogP contribution in [0.15, 0.2) is 12.2 Å². The minimum Gasteiger partial charge on any atom is -0.467 e. The molecule has 0 heterocycles. The Morgan fingerprint density at radius 3 is 1.77 bits per heavy atom. The van der Waals surface area contributed by atoms with Crippen molar-refractivity contribution < 1.29 is 38.2 Å². The summed E-state index contributed by atoms with van der Waals surface area (Å²) in [6.07, 6.45) is 3.60. The summed E-state index contributed by atoms with van der Waals surface area (Å²) in [7, 11) is 1.15. The van der Waals surface area contributed by atoms with Gasteiger partial charge in [0.05, 0.1) is 7.11 Å². The van der Waals surface area contributed by atoms with Gasteiger partial charge in [-0.1, -0.05) is 12.2 Å². The molecule has 2 amide bonds. The van der Waals surface area contributed by atoms with E-state index in [0.717, 1.165) is 19.7 Å². The summed E-state index contributed by atoms with van der Waals surface area (Å²) in [5.74, 6) is -1.24. The van der Waals surface area contributed by atoms with Gasteiger partial charge in [-0.3, -0.25) is 0 Å². The van der Waals surface area contributed by atoms with E-state index < -0.39 is 41.3 Å². The Bertz CT molecular complexity index is 629. The monoisotopic (exact) mass is 441 g/mol. The smallest absolute Gasteiger partial charge is 0.420 e. The summed E-state index contributed by atoms with van der Waals surface area (Å²) >= 11 is 0. The van der Waals surface area contributed by atoms with Crippen molar-refractivity contribution in [2.24, 2.45) is 5.92 Å². The van der Waals surface area contributed by atoms with E-state index in [-0.39, 0.29) is 19.3 Å². The van der Waals surface area contributed by atoms with E-state index in [1.165, 1.54) is 0 Å². The second-order valence-electron chi connectivity index (χ2n) is 8.92. The standard InChI is InChI=1S/C22H35NO8/c1-21(2,3)30-19(27)23(20(28)31-22(4,5)6)17(18(26)29-7)13-9-8-11-16(15-25)12-10-14-24/h8,11,14-17H,9-10,12-13H2,1-7H3/b11-8+/t16-,17+/m1/s1. The number of hydrogen-bond donors (Lipinski definition) is 0. The Morgan fingerprint density at radius 2 is 1.39 bits per heavy atom. The van der Waals surface area contributed by atoms with Crippen molar-refractivity contribution in [3.05, 3.63) is 12.2 Å². The van der Waals surface area contributed by atoms with E-state index in [2.05, 4.69) is 0 Å². The van der Waals surface area contributed by atoms with Crippen LogP contribution in [-0.4, -0.2) is 60.0 Å². The third-order valence-electron chi connectivity index (χ3n) is 3.75. The Morgan fingerprint density at radius 1 is 0.871 bits per heavy atom. The van der Waals surface area contributed by atoms with Crippen molar-refractivity contribution in [2.75, 3.05) is 7.11 Å². The highest BCUT2D eigenvalue weighted by Crippen LogP contribution is 2.20. The van der Waals surface area contributed by atoms with Crippen LogP contribution in [0.1, 0.15) is 67.2 Å². The van der Waals surface area contributed by atoms with Crippen molar-refractivity contribution in [3.63, 3.8) is 0 Å². The zero-order chi connectivity index (χ0) is 24.2. The summed E-state index contributed by atoms with van der Waals surface area (Å²) in [4.78, 5) is 60.1. The van der Waals surface area contributed by atoms with E-state index in [1.807, 2.05) is 0 Å². The van der Waals surface area contributed by atoms with E-state index in [4.69, 9.17) is 14.2 Å². The molecule has 9 nitrogen and oxygen atoms in total. The average Bonchev–Trinajstić information content (AvgIpc) is 2.62. The fourth-order valence-corrected chi connectivity index (χ4v) is 2.43. The average molecular weight is 442 g/mol. The molecule has 0 aliphatic carbocycles. The van der Waals surface area contributed by atoms with Crippen LogP contribution in [-0.2, 0) is 28.6 Å². The molecule has 0 aliphatic rings. The molecule has 0 aromatic rings. The first kappa shape index (κ1) is 28.3. The van der Waals surface area contributed by atoms with Gasteiger partial charge in [0.1, 0.15) is 29.8 Å². The minimum atomic E-state index is -1.29. The number of methoxy groups -OCH3 is 1. The van der Waals surface area contributed by atoms with Crippen LogP contribution in [0, 0.1) is 5.92 Å². The summed E-state index contributed by atoms with van der Waals surface area (Å²) < 4.78 is 15.4. The molecule has 176 valence electrons. The fraction of sp³-hybridized carbons (Fsp3) is 0.682. The van der Waals surface area contributed by atoms with Crippen molar-refractivity contribution in [3.8, 4) is 0 Å². The van der Waals surface area contributed by atoms with Crippen LogP contribution in [0.3, 0.4) is 0 Å². The fourth-order valence-electron chi connectivity index (χ4n) is 2.43. The molecule has 0 N–H and O–H groups in total. The summed E-state index contributed by atoms with van der Waals surface area (Å²) in [5, 5.41) is 0. The molecule has 31 heavy (non-hydrogen) atoms. The lowest BCUT2D eigenvalue weighted by molar-refractivity contribution is -0.147. The van der Waals surface area contributed by atoms with Gasteiger partial charge in [0.15, 0.2) is 0 Å². The SMILES string of the molecule is COC(=O)[C@H](CC/C=C/[C@@H](C=O)CCC=O)N(C(=O)OC(C)(C)C)C(=O)OC(C)(C)C. The van der Waals surface area contributed by atoms with Crippen LogP contribution < -0.4 is 0 Å². The van der Waals surface area contributed by atoms with Gasteiger partial charge in [-0.25, -0.2) is 14.4 Å². The van der Waals surface area contributed by atoms with Crippen molar-refractivity contribution >= 4 is 30.7 Å². The van der Waals surface area contributed by atoms with E-state index in [0.29, 0.717) is 11.3 Å². The van der Waals surface area contributed by atoms with Gasteiger partial charge in [-0.2, -0.15) is 4.90 Å². The van der Waals surface area contributed by atoms with Gasteiger partial charge in [-0.15, -0.1) is 0 Å². The van der Waals surface area contributed by atoms with Gasteiger partial charge in [0, 0.05) is 12.3 Å². The molecular formula is C22H35NO8. The first-order valence-electron chi connectivity index (χ1n) is 10.1. The second-order valence-corrected chi connectivity index (χ2v) is 8.92. The predicted molar refractivity (Wildman–Crippen MR) is 113 cm³/mol. The van der Waals surface area contributed by atoms with Crippen LogP contribution >= 0.6 is 0 Å². The molecule has 0 spiro atoms. The van der Waals surface area contributed by atoms with Gasteiger partial charge >= 0.3 is 18.2 Å². The van der Waals surface area contributed by atoms with Crippen LogP contribution in [0.2, 0.25) is 0 Å². The largest absolute Gasteiger partial charge is 0.467 e. The zero-order valence-corrected chi connectivity index (χ0v) is 19.5. The number of imide groups is 1. The number of aldehydes is 2. The van der Waals surface area contributed by atoms with Crippen molar-refractivity contribution in [1.82, 2.24) is 4.90 Å². The number of hydrogen-bond acceptors (Lipinski definition) is 8. The normalized spacial score (nSPS) is 13.8. The number of rotatable bonds is 10. The highest BCUT2D eigenvalue weighted by molar-refractivity contribution is 5.94. The molecule has 0 aliphatic heterocycles. The summed E-state index contributed by atoms with van der Waals surface area (Å²) in [5.41, 5.74) is -1.82. The minimum absolute atomic E-state index is 0.0287. The lowest BCUT2D eigenvalue weighted by Crippen LogP contribution is -2.52. The number of amides is 2. The molecule has 0 aromatic heterocycles. The van der Waals surface area contributed by atoms with Crippen molar-refractivity contribution in [2.45, 2.75) is 84.5 Å². The van der Waals surface area contributed by atoms with E-state index in [1.54, 1.807) is 53.7 Å².